The lowest BCUT2D eigenvalue weighted by molar-refractivity contribution is -0.141. The standard InChI is InChI=1S/C25H29ClF2N2O4/c1-33-25(32)7-3-6-24(31)30-14-12-29(13-15-30)16-23(18-8-10-19(26)11-9-18)34-17-20-21(27)4-2-5-22(20)28/h2,4-5,8-11,23H,3,6-7,12-17H2,1H3/t23-/m1/s1. The highest BCUT2D eigenvalue weighted by Crippen LogP contribution is 2.25. The van der Waals surface area contributed by atoms with Gasteiger partial charge in [-0.3, -0.25) is 14.5 Å². The molecule has 2 aromatic carbocycles. The van der Waals surface area contributed by atoms with Gasteiger partial charge in [0.1, 0.15) is 11.6 Å². The van der Waals surface area contributed by atoms with E-state index in [9.17, 15) is 18.4 Å². The van der Waals surface area contributed by atoms with Crippen molar-refractivity contribution in [2.24, 2.45) is 0 Å². The summed E-state index contributed by atoms with van der Waals surface area (Å²) >= 11 is 6.02. The Morgan fingerprint density at radius 2 is 1.65 bits per heavy atom. The summed E-state index contributed by atoms with van der Waals surface area (Å²) < 4.78 is 38.7. The molecule has 1 amide bonds. The number of halogens is 3. The van der Waals surface area contributed by atoms with Gasteiger partial charge in [-0.15, -0.1) is 0 Å². The minimum Gasteiger partial charge on any atom is -0.469 e. The van der Waals surface area contributed by atoms with E-state index < -0.39 is 17.7 Å². The number of esters is 1. The molecule has 184 valence electrons. The van der Waals surface area contributed by atoms with Crippen LogP contribution < -0.4 is 0 Å². The Morgan fingerprint density at radius 3 is 2.26 bits per heavy atom. The summed E-state index contributed by atoms with van der Waals surface area (Å²) in [5, 5.41) is 0.585. The van der Waals surface area contributed by atoms with E-state index in [0.29, 0.717) is 50.6 Å². The van der Waals surface area contributed by atoms with Crippen LogP contribution in [-0.4, -0.2) is 61.5 Å². The van der Waals surface area contributed by atoms with Crippen molar-refractivity contribution in [1.29, 1.82) is 0 Å². The van der Waals surface area contributed by atoms with Gasteiger partial charge >= 0.3 is 5.97 Å². The number of rotatable bonds is 10. The van der Waals surface area contributed by atoms with Crippen LogP contribution in [0.4, 0.5) is 8.78 Å². The number of nitrogens with zero attached hydrogens (tertiary/aromatic N) is 2. The molecule has 2 aromatic rings. The maximum Gasteiger partial charge on any atom is 0.305 e. The predicted molar refractivity (Wildman–Crippen MR) is 124 cm³/mol. The number of methoxy groups -OCH3 is 1. The SMILES string of the molecule is COC(=O)CCCC(=O)N1CCN(C[C@@H](OCc2c(F)cccc2F)c2ccc(Cl)cc2)CC1. The van der Waals surface area contributed by atoms with E-state index in [1.165, 1.54) is 25.3 Å². The van der Waals surface area contributed by atoms with Crippen LogP contribution in [-0.2, 0) is 25.7 Å². The number of carbonyl (C=O) groups excluding carboxylic acids is 2. The second-order valence-electron chi connectivity index (χ2n) is 8.16. The van der Waals surface area contributed by atoms with Crippen molar-refractivity contribution in [3.05, 3.63) is 70.2 Å². The molecule has 0 radical (unpaired) electrons. The lowest BCUT2D eigenvalue weighted by Crippen LogP contribution is -2.49. The highest BCUT2D eigenvalue weighted by molar-refractivity contribution is 6.30. The predicted octanol–water partition coefficient (Wildman–Crippen LogP) is 4.36. The third-order valence-electron chi connectivity index (χ3n) is 5.88. The lowest BCUT2D eigenvalue weighted by atomic mass is 10.1. The molecule has 1 aliphatic heterocycles. The normalized spacial score (nSPS) is 15.2. The first-order valence-electron chi connectivity index (χ1n) is 11.2. The molecule has 0 aromatic heterocycles. The van der Waals surface area contributed by atoms with Gasteiger partial charge in [0.05, 0.1) is 19.8 Å². The van der Waals surface area contributed by atoms with E-state index in [-0.39, 0.29) is 30.5 Å². The summed E-state index contributed by atoms with van der Waals surface area (Å²) in [5.41, 5.74) is 0.742. The second-order valence-corrected chi connectivity index (χ2v) is 8.60. The van der Waals surface area contributed by atoms with Gasteiger partial charge in [-0.2, -0.15) is 0 Å². The molecule has 1 fully saturated rings. The molecule has 1 aliphatic rings. The minimum atomic E-state index is -0.644. The Morgan fingerprint density at radius 1 is 1.00 bits per heavy atom. The van der Waals surface area contributed by atoms with Crippen LogP contribution in [0.25, 0.3) is 0 Å². The van der Waals surface area contributed by atoms with Gasteiger partial charge in [-0.25, -0.2) is 8.78 Å². The number of benzene rings is 2. The zero-order valence-electron chi connectivity index (χ0n) is 19.1. The molecule has 0 aliphatic carbocycles. The molecule has 0 saturated carbocycles. The number of carbonyl (C=O) groups is 2. The van der Waals surface area contributed by atoms with Crippen molar-refractivity contribution in [2.75, 3.05) is 39.8 Å². The van der Waals surface area contributed by atoms with E-state index in [0.717, 1.165) is 5.56 Å². The third-order valence-corrected chi connectivity index (χ3v) is 6.13. The van der Waals surface area contributed by atoms with Crippen LogP contribution in [0.3, 0.4) is 0 Å². The minimum absolute atomic E-state index is 0.0177. The molecule has 6 nitrogen and oxygen atoms in total. The number of hydrogen-bond donors (Lipinski definition) is 0. The first-order valence-corrected chi connectivity index (χ1v) is 11.6. The maximum atomic E-state index is 14.1. The van der Waals surface area contributed by atoms with E-state index in [4.69, 9.17) is 16.3 Å². The third kappa shape index (κ3) is 7.48. The molecule has 1 atom stereocenters. The lowest BCUT2D eigenvalue weighted by Gasteiger charge is -2.36. The topological polar surface area (TPSA) is 59.1 Å². The van der Waals surface area contributed by atoms with Crippen molar-refractivity contribution in [2.45, 2.75) is 32.0 Å². The first kappa shape index (κ1) is 26.1. The number of hydrogen-bond acceptors (Lipinski definition) is 5. The summed E-state index contributed by atoms with van der Waals surface area (Å²) in [6.45, 7) is 2.71. The van der Waals surface area contributed by atoms with Crippen LogP contribution in [0.15, 0.2) is 42.5 Å². The van der Waals surface area contributed by atoms with Gasteiger partial charge < -0.3 is 14.4 Å². The molecule has 34 heavy (non-hydrogen) atoms. The van der Waals surface area contributed by atoms with Gasteiger partial charge in [-0.1, -0.05) is 29.8 Å². The van der Waals surface area contributed by atoms with Crippen LogP contribution >= 0.6 is 11.6 Å². The Hall–Kier alpha value is -2.55. The summed E-state index contributed by atoms with van der Waals surface area (Å²) in [6, 6.07) is 10.9. The summed E-state index contributed by atoms with van der Waals surface area (Å²) in [7, 11) is 1.33. The molecule has 0 spiro atoms. The zero-order chi connectivity index (χ0) is 24.5. The molecule has 1 heterocycles. The quantitative estimate of drug-likeness (QED) is 0.459. The van der Waals surface area contributed by atoms with E-state index in [1.807, 2.05) is 12.1 Å². The molecular formula is C25H29ClF2N2O4. The molecule has 1 saturated heterocycles. The maximum absolute atomic E-state index is 14.1. The van der Waals surface area contributed by atoms with Crippen LogP contribution in [0.1, 0.15) is 36.5 Å². The van der Waals surface area contributed by atoms with E-state index in [2.05, 4.69) is 9.64 Å². The highest BCUT2D eigenvalue weighted by Gasteiger charge is 2.25. The second kappa shape index (κ2) is 12.8. The van der Waals surface area contributed by atoms with Gasteiger partial charge in [0.15, 0.2) is 0 Å². The van der Waals surface area contributed by atoms with Gasteiger partial charge in [0.2, 0.25) is 5.91 Å². The van der Waals surface area contributed by atoms with Gasteiger partial charge in [0.25, 0.3) is 0 Å². The Labute approximate surface area is 203 Å². The number of piperazine rings is 1. The Bertz CT molecular complexity index is 946. The summed E-state index contributed by atoms with van der Waals surface area (Å²) in [4.78, 5) is 27.6. The molecular weight excluding hydrogens is 466 g/mol. The smallest absolute Gasteiger partial charge is 0.305 e. The van der Waals surface area contributed by atoms with Crippen LogP contribution in [0.2, 0.25) is 5.02 Å². The van der Waals surface area contributed by atoms with Gasteiger partial charge in [-0.05, 0) is 36.2 Å². The van der Waals surface area contributed by atoms with Crippen molar-refractivity contribution in [3.63, 3.8) is 0 Å². The fourth-order valence-electron chi connectivity index (χ4n) is 3.84. The largest absolute Gasteiger partial charge is 0.469 e. The van der Waals surface area contributed by atoms with Crippen molar-refractivity contribution in [3.8, 4) is 0 Å². The van der Waals surface area contributed by atoms with Crippen molar-refractivity contribution in [1.82, 2.24) is 9.80 Å². The number of amides is 1. The fraction of sp³-hybridized carbons (Fsp3) is 0.440. The average Bonchev–Trinajstić information content (AvgIpc) is 2.83. The highest BCUT2D eigenvalue weighted by atomic mass is 35.5. The molecule has 0 bridgehead atoms. The van der Waals surface area contributed by atoms with E-state index >= 15 is 0 Å². The first-order chi connectivity index (χ1) is 16.4. The monoisotopic (exact) mass is 494 g/mol. The van der Waals surface area contributed by atoms with Crippen LogP contribution in [0.5, 0.6) is 0 Å². The van der Waals surface area contributed by atoms with Crippen molar-refractivity contribution < 1.29 is 27.8 Å². The van der Waals surface area contributed by atoms with E-state index in [1.54, 1.807) is 17.0 Å². The fourth-order valence-corrected chi connectivity index (χ4v) is 3.97. The molecule has 9 heteroatoms. The van der Waals surface area contributed by atoms with Gasteiger partial charge in [0, 0.05) is 56.2 Å². The Balaban J connectivity index is 1.57. The van der Waals surface area contributed by atoms with Crippen LogP contribution in [0, 0.1) is 11.6 Å². The molecule has 0 unspecified atom stereocenters. The van der Waals surface area contributed by atoms with Crippen molar-refractivity contribution >= 4 is 23.5 Å². The zero-order valence-corrected chi connectivity index (χ0v) is 19.9. The Kier molecular flexibility index (Phi) is 9.80. The summed E-state index contributed by atoms with van der Waals surface area (Å²) in [5.74, 6) is -1.59. The number of ether oxygens (including phenoxy) is 2. The summed E-state index contributed by atoms with van der Waals surface area (Å²) in [6.07, 6.45) is 0.564. The molecule has 0 N–H and O–H groups in total. The molecule has 3 rings (SSSR count). The average molecular weight is 495 g/mol.